The number of esters is 2. The maximum atomic E-state index is 13.5. The van der Waals surface area contributed by atoms with Crippen LogP contribution in [0.1, 0.15) is 31.7 Å². The minimum atomic E-state index is -1.83. The lowest BCUT2D eigenvalue weighted by atomic mass is 9.79. The normalized spacial score (nSPS) is 17.8. The molecule has 2 aromatic rings. The number of hydrogen-bond donors (Lipinski definition) is 0. The van der Waals surface area contributed by atoms with Gasteiger partial charge in [0.25, 0.3) is 0 Å². The van der Waals surface area contributed by atoms with E-state index in [4.69, 9.17) is 21.7 Å². The summed E-state index contributed by atoms with van der Waals surface area (Å²) < 4.78 is 24.2. The molecule has 0 saturated carbocycles. The van der Waals surface area contributed by atoms with Crippen LogP contribution in [0.3, 0.4) is 0 Å². The molecule has 7 heteroatoms. The van der Waals surface area contributed by atoms with Gasteiger partial charge in [-0.25, -0.2) is 14.0 Å². The first-order valence-electron chi connectivity index (χ1n) is 9.44. The van der Waals surface area contributed by atoms with E-state index in [0.717, 1.165) is 5.56 Å². The molecule has 0 spiro atoms. The second-order valence-corrected chi connectivity index (χ2v) is 7.05. The molecule has 1 heterocycles. The average molecular weight is 415 g/mol. The fourth-order valence-electron chi connectivity index (χ4n) is 3.78. The smallest absolute Gasteiger partial charge is 0.344 e. The molecule has 1 aliphatic rings. The summed E-state index contributed by atoms with van der Waals surface area (Å²) in [6, 6.07) is 14.7. The number of rotatable bonds is 6. The van der Waals surface area contributed by atoms with Crippen molar-refractivity contribution in [1.29, 1.82) is 0 Å². The summed E-state index contributed by atoms with van der Waals surface area (Å²) in [6.07, 6.45) is 0.272. The van der Waals surface area contributed by atoms with Gasteiger partial charge in [-0.05, 0) is 43.7 Å². The molecule has 0 aliphatic carbocycles. The van der Waals surface area contributed by atoms with Gasteiger partial charge < -0.3 is 14.4 Å². The van der Waals surface area contributed by atoms with Gasteiger partial charge in [-0.2, -0.15) is 0 Å². The van der Waals surface area contributed by atoms with Crippen molar-refractivity contribution in [1.82, 2.24) is 0 Å². The van der Waals surface area contributed by atoms with Gasteiger partial charge in [0.2, 0.25) is 5.54 Å². The molecule has 0 radical (unpaired) electrons. The molecule has 0 N–H and O–H groups in total. The maximum absolute atomic E-state index is 13.5. The molecular weight excluding hydrogens is 393 g/mol. The van der Waals surface area contributed by atoms with E-state index in [1.54, 1.807) is 13.8 Å². The summed E-state index contributed by atoms with van der Waals surface area (Å²) in [4.78, 5) is 28.6. The Kier molecular flexibility index (Phi) is 6.27. The van der Waals surface area contributed by atoms with Crippen LogP contribution in [0, 0.1) is 5.82 Å². The molecule has 1 atom stereocenters. The first-order valence-corrected chi connectivity index (χ1v) is 9.85. The summed E-state index contributed by atoms with van der Waals surface area (Å²) in [5.41, 5.74) is -0.640. The first kappa shape index (κ1) is 20.9. The van der Waals surface area contributed by atoms with Crippen LogP contribution in [0.15, 0.2) is 54.6 Å². The summed E-state index contributed by atoms with van der Waals surface area (Å²) in [6.45, 7) is 3.52. The molecule has 29 heavy (non-hydrogen) atoms. The minimum Gasteiger partial charge on any atom is -0.464 e. The summed E-state index contributed by atoms with van der Waals surface area (Å²) in [5.74, 6) is -2.52. The molecule has 0 aromatic heterocycles. The molecule has 0 bridgehead atoms. The summed E-state index contributed by atoms with van der Waals surface area (Å²) >= 11 is 5.60. The van der Waals surface area contributed by atoms with Crippen molar-refractivity contribution in [2.75, 3.05) is 18.1 Å². The Bertz CT molecular complexity index is 883. The van der Waals surface area contributed by atoms with Gasteiger partial charge in [0, 0.05) is 18.0 Å². The second-order valence-electron chi connectivity index (χ2n) is 6.58. The number of ether oxygens (including phenoxy) is 2. The summed E-state index contributed by atoms with van der Waals surface area (Å²) in [7, 11) is 0. The van der Waals surface area contributed by atoms with E-state index >= 15 is 0 Å². The molecule has 1 saturated heterocycles. The number of nitrogens with zero attached hydrogens (tertiary/aromatic N) is 1. The Balaban J connectivity index is 2.26. The molecule has 3 rings (SSSR count). The first-order chi connectivity index (χ1) is 14.0. The van der Waals surface area contributed by atoms with Crippen molar-refractivity contribution in [3.8, 4) is 0 Å². The van der Waals surface area contributed by atoms with Gasteiger partial charge in [0.1, 0.15) is 5.82 Å². The fourth-order valence-corrected chi connectivity index (χ4v) is 4.20. The average Bonchev–Trinajstić information content (AvgIpc) is 3.04. The van der Waals surface area contributed by atoms with E-state index in [1.165, 1.54) is 29.2 Å². The lowest BCUT2D eigenvalue weighted by Gasteiger charge is -2.38. The summed E-state index contributed by atoms with van der Waals surface area (Å²) in [5, 5.41) is 0. The predicted octanol–water partition coefficient (Wildman–Crippen LogP) is 4.01. The molecular formula is C22H22FNO4S. The lowest BCUT2D eigenvalue weighted by Crippen LogP contribution is -2.62. The van der Waals surface area contributed by atoms with Crippen molar-refractivity contribution < 1.29 is 23.5 Å². The molecule has 1 fully saturated rings. The van der Waals surface area contributed by atoms with Crippen LogP contribution in [0.4, 0.5) is 10.1 Å². The lowest BCUT2D eigenvalue weighted by molar-refractivity contribution is -0.164. The Morgan fingerprint density at radius 3 is 2.10 bits per heavy atom. The number of thiocarbonyl (C=S) groups is 1. The third-order valence-corrected chi connectivity index (χ3v) is 5.29. The van der Waals surface area contributed by atoms with Crippen LogP contribution in [-0.4, -0.2) is 35.7 Å². The quantitative estimate of drug-likeness (QED) is 0.404. The zero-order chi connectivity index (χ0) is 21.0. The van der Waals surface area contributed by atoms with Crippen LogP contribution < -0.4 is 4.90 Å². The number of carbonyl (C=O) groups is 2. The van der Waals surface area contributed by atoms with Crippen LogP contribution in [0.2, 0.25) is 0 Å². The zero-order valence-electron chi connectivity index (χ0n) is 16.3. The van der Waals surface area contributed by atoms with E-state index in [-0.39, 0.29) is 19.6 Å². The van der Waals surface area contributed by atoms with Crippen molar-refractivity contribution in [2.45, 2.75) is 31.7 Å². The fraction of sp³-hybridized carbons (Fsp3) is 0.318. The van der Waals surface area contributed by atoms with E-state index in [9.17, 15) is 14.0 Å². The maximum Gasteiger partial charge on any atom is 0.344 e. The van der Waals surface area contributed by atoms with Crippen LogP contribution in [0.5, 0.6) is 0 Å². The molecule has 2 aromatic carbocycles. The topological polar surface area (TPSA) is 55.8 Å². The highest BCUT2D eigenvalue weighted by molar-refractivity contribution is 7.80. The molecule has 1 aliphatic heterocycles. The van der Waals surface area contributed by atoms with Crippen molar-refractivity contribution >= 4 is 34.8 Å². The highest BCUT2D eigenvalue weighted by Gasteiger charge is 2.65. The zero-order valence-corrected chi connectivity index (χ0v) is 17.1. The van der Waals surface area contributed by atoms with Crippen LogP contribution >= 0.6 is 12.2 Å². The van der Waals surface area contributed by atoms with Crippen molar-refractivity contribution in [3.63, 3.8) is 0 Å². The number of anilines is 1. The van der Waals surface area contributed by atoms with Crippen LogP contribution in [0.25, 0.3) is 0 Å². The highest BCUT2D eigenvalue weighted by Crippen LogP contribution is 2.47. The Labute approximate surface area is 174 Å². The van der Waals surface area contributed by atoms with Crippen molar-refractivity contribution in [3.05, 3.63) is 66.0 Å². The molecule has 5 nitrogen and oxygen atoms in total. The van der Waals surface area contributed by atoms with Crippen LogP contribution in [-0.2, 0) is 19.1 Å². The highest BCUT2D eigenvalue weighted by atomic mass is 32.1. The molecule has 0 amide bonds. The van der Waals surface area contributed by atoms with E-state index in [1.807, 2.05) is 30.3 Å². The van der Waals surface area contributed by atoms with E-state index in [0.29, 0.717) is 10.7 Å². The number of benzene rings is 2. The van der Waals surface area contributed by atoms with Gasteiger partial charge in [-0.15, -0.1) is 0 Å². The SMILES string of the molecule is CCOC(=O)C1(C(=O)OCC)C(c2ccccc2)CC(=S)N1c1ccc(F)cc1. The van der Waals surface area contributed by atoms with Gasteiger partial charge in [-0.1, -0.05) is 42.5 Å². The number of carbonyl (C=O) groups excluding carboxylic acids is 2. The third-order valence-electron chi connectivity index (χ3n) is 4.95. The monoisotopic (exact) mass is 415 g/mol. The number of halogens is 1. The van der Waals surface area contributed by atoms with E-state index < -0.39 is 29.2 Å². The van der Waals surface area contributed by atoms with Gasteiger partial charge in [0.15, 0.2) is 0 Å². The Morgan fingerprint density at radius 1 is 1.03 bits per heavy atom. The molecule has 152 valence electrons. The predicted molar refractivity (Wildman–Crippen MR) is 111 cm³/mol. The van der Waals surface area contributed by atoms with Gasteiger partial charge >= 0.3 is 11.9 Å². The molecule has 1 unspecified atom stereocenters. The van der Waals surface area contributed by atoms with E-state index in [2.05, 4.69) is 0 Å². The minimum absolute atomic E-state index is 0.0888. The standard InChI is InChI=1S/C22H22FNO4S/c1-3-27-20(25)22(21(26)28-4-2)18(15-8-6-5-7-9-15)14-19(29)24(22)17-12-10-16(23)11-13-17/h5-13,18H,3-4,14H2,1-2H3. The van der Waals surface area contributed by atoms with Gasteiger partial charge in [-0.3, -0.25) is 0 Å². The number of hydrogen-bond acceptors (Lipinski definition) is 5. The Morgan fingerprint density at radius 2 is 1.59 bits per heavy atom. The largest absolute Gasteiger partial charge is 0.464 e. The van der Waals surface area contributed by atoms with Gasteiger partial charge in [0.05, 0.1) is 18.2 Å². The third kappa shape index (κ3) is 3.62. The Hall–Kier alpha value is -2.80. The van der Waals surface area contributed by atoms with Crippen molar-refractivity contribution in [2.24, 2.45) is 0 Å². The second kappa shape index (κ2) is 8.69.